The van der Waals surface area contributed by atoms with E-state index in [1.807, 2.05) is 5.48 Å². The van der Waals surface area contributed by atoms with Crippen LogP contribution in [0.5, 0.6) is 0 Å². The van der Waals surface area contributed by atoms with Crippen LogP contribution in [0.3, 0.4) is 0 Å². The van der Waals surface area contributed by atoms with Gasteiger partial charge in [0.05, 0.1) is 18.1 Å². The number of nitrogens with zero attached hydrogens (tertiary/aromatic N) is 3. The van der Waals surface area contributed by atoms with Crippen molar-refractivity contribution in [3.63, 3.8) is 0 Å². The summed E-state index contributed by atoms with van der Waals surface area (Å²) in [6, 6.07) is 1.72. The van der Waals surface area contributed by atoms with Crippen molar-refractivity contribution in [1.29, 1.82) is 0 Å². The van der Waals surface area contributed by atoms with Gasteiger partial charge in [-0.25, -0.2) is 4.98 Å². The van der Waals surface area contributed by atoms with Gasteiger partial charge < -0.3 is 5.32 Å². The minimum absolute atomic E-state index is 0.475. The van der Waals surface area contributed by atoms with Gasteiger partial charge in [-0.15, -0.1) is 0 Å². The molecular formula is C9H9N5O. The van der Waals surface area contributed by atoms with Gasteiger partial charge >= 0.3 is 0 Å². The minimum Gasteiger partial charge on any atom is -0.337 e. The van der Waals surface area contributed by atoms with Gasteiger partial charge in [-0.05, 0) is 6.07 Å². The molecular weight excluding hydrogens is 194 g/mol. The van der Waals surface area contributed by atoms with E-state index < -0.39 is 0 Å². The van der Waals surface area contributed by atoms with E-state index in [-0.39, 0.29) is 0 Å². The molecule has 0 saturated carbocycles. The number of hydrogen-bond acceptors (Lipinski definition) is 6. The van der Waals surface area contributed by atoms with E-state index in [1.165, 1.54) is 6.20 Å². The predicted octanol–water partition coefficient (Wildman–Crippen LogP) is 1.42. The fourth-order valence-electron chi connectivity index (χ4n) is 1.09. The van der Waals surface area contributed by atoms with Crippen molar-refractivity contribution in [3.05, 3.63) is 37.1 Å². The van der Waals surface area contributed by atoms with Crippen LogP contribution in [0.25, 0.3) is 0 Å². The lowest BCUT2D eigenvalue weighted by Crippen LogP contribution is -1.99. The molecule has 6 nitrogen and oxygen atoms in total. The summed E-state index contributed by atoms with van der Waals surface area (Å²) in [4.78, 5) is 11.8. The van der Waals surface area contributed by atoms with Crippen LogP contribution in [0, 0.1) is 0 Å². The Kier molecular flexibility index (Phi) is 2.70. The monoisotopic (exact) mass is 203 g/mol. The fraction of sp³-hybridized carbons (Fsp3) is 0. The summed E-state index contributed by atoms with van der Waals surface area (Å²) >= 11 is 0. The maximum absolute atomic E-state index is 8.83. The summed E-state index contributed by atoms with van der Waals surface area (Å²) in [7, 11) is 0. The average molecular weight is 203 g/mol. The molecule has 0 aliphatic carbocycles. The quantitative estimate of drug-likeness (QED) is 0.654. The molecule has 2 aromatic heterocycles. The van der Waals surface area contributed by atoms with E-state index in [0.29, 0.717) is 17.2 Å². The molecule has 15 heavy (non-hydrogen) atoms. The lowest BCUT2D eigenvalue weighted by Gasteiger charge is -2.08. The summed E-state index contributed by atoms with van der Waals surface area (Å²) in [6.07, 6.45) is 7.86. The summed E-state index contributed by atoms with van der Waals surface area (Å²) < 4.78 is 0. The second-order valence-corrected chi connectivity index (χ2v) is 2.75. The second-order valence-electron chi connectivity index (χ2n) is 2.75. The first-order valence-electron chi connectivity index (χ1n) is 4.27. The molecule has 0 saturated heterocycles. The number of hydrogen-bond donors (Lipinski definition) is 3. The summed E-state index contributed by atoms with van der Waals surface area (Å²) in [5.41, 5.74) is 3.19. The highest BCUT2D eigenvalue weighted by molar-refractivity contribution is 5.70. The van der Waals surface area contributed by atoms with Crippen molar-refractivity contribution >= 4 is 17.2 Å². The second kappa shape index (κ2) is 4.34. The van der Waals surface area contributed by atoms with E-state index in [0.717, 1.165) is 0 Å². The highest BCUT2D eigenvalue weighted by Gasteiger charge is 2.01. The van der Waals surface area contributed by atoms with Gasteiger partial charge in [0, 0.05) is 18.6 Å². The van der Waals surface area contributed by atoms with Crippen molar-refractivity contribution < 1.29 is 5.21 Å². The number of nitrogens with one attached hydrogen (secondary N) is 2. The van der Waals surface area contributed by atoms with Crippen LogP contribution in [0.2, 0.25) is 0 Å². The zero-order chi connectivity index (χ0) is 10.5. The summed E-state index contributed by atoms with van der Waals surface area (Å²) in [5.74, 6) is 0.597. The number of pyridine rings is 1. The topological polar surface area (TPSA) is 83.0 Å². The van der Waals surface area contributed by atoms with Gasteiger partial charge in [0.1, 0.15) is 11.5 Å². The van der Waals surface area contributed by atoms with Crippen LogP contribution >= 0.6 is 0 Å². The maximum Gasteiger partial charge on any atom is 0.148 e. The van der Waals surface area contributed by atoms with Gasteiger partial charge in [0.2, 0.25) is 0 Å². The van der Waals surface area contributed by atoms with Gasteiger partial charge in [-0.2, -0.15) is 0 Å². The Morgan fingerprint density at radius 1 is 1.00 bits per heavy atom. The maximum atomic E-state index is 8.83. The molecule has 0 aromatic carbocycles. The largest absolute Gasteiger partial charge is 0.337 e. The van der Waals surface area contributed by atoms with Crippen LogP contribution in [0.1, 0.15) is 0 Å². The molecule has 0 atom stereocenters. The molecule has 0 bridgehead atoms. The van der Waals surface area contributed by atoms with Crippen molar-refractivity contribution in [3.8, 4) is 0 Å². The van der Waals surface area contributed by atoms with Crippen molar-refractivity contribution in [2.45, 2.75) is 0 Å². The molecule has 0 aliphatic rings. The predicted molar refractivity (Wildman–Crippen MR) is 55.0 cm³/mol. The molecule has 0 radical (unpaired) electrons. The number of aromatic nitrogens is 3. The van der Waals surface area contributed by atoms with Crippen molar-refractivity contribution in [2.24, 2.45) is 0 Å². The van der Waals surface area contributed by atoms with Gasteiger partial charge in [-0.1, -0.05) is 0 Å². The van der Waals surface area contributed by atoms with Crippen LogP contribution in [-0.4, -0.2) is 20.2 Å². The van der Waals surface area contributed by atoms with Crippen molar-refractivity contribution in [2.75, 3.05) is 10.8 Å². The Balaban J connectivity index is 2.24. The van der Waals surface area contributed by atoms with Crippen LogP contribution in [-0.2, 0) is 0 Å². The first kappa shape index (κ1) is 9.35. The molecule has 0 aliphatic heterocycles. The van der Waals surface area contributed by atoms with Gasteiger partial charge in [-0.3, -0.25) is 20.7 Å². The highest BCUT2D eigenvalue weighted by atomic mass is 16.5. The molecule has 2 heterocycles. The lowest BCUT2D eigenvalue weighted by molar-refractivity contribution is 0.389. The minimum atomic E-state index is 0.475. The Morgan fingerprint density at radius 3 is 2.60 bits per heavy atom. The zero-order valence-corrected chi connectivity index (χ0v) is 7.75. The Labute approximate surface area is 86.0 Å². The molecule has 2 rings (SSSR count). The third kappa shape index (κ3) is 2.18. The molecule has 0 fully saturated rings. The first-order chi connectivity index (χ1) is 7.40. The molecule has 2 aromatic rings. The van der Waals surface area contributed by atoms with E-state index >= 15 is 0 Å². The average Bonchev–Trinajstić information content (AvgIpc) is 2.31. The molecule has 3 N–H and O–H groups in total. The highest BCUT2D eigenvalue weighted by Crippen LogP contribution is 2.21. The summed E-state index contributed by atoms with van der Waals surface area (Å²) in [5, 5.41) is 11.8. The van der Waals surface area contributed by atoms with Gasteiger partial charge in [0.15, 0.2) is 0 Å². The molecule has 0 amide bonds. The number of rotatable bonds is 3. The van der Waals surface area contributed by atoms with Crippen molar-refractivity contribution in [1.82, 2.24) is 15.0 Å². The Bertz CT molecular complexity index is 434. The van der Waals surface area contributed by atoms with Crippen LogP contribution in [0.15, 0.2) is 37.1 Å². The summed E-state index contributed by atoms with van der Waals surface area (Å²) in [6.45, 7) is 0. The Morgan fingerprint density at radius 2 is 1.87 bits per heavy atom. The first-order valence-corrected chi connectivity index (χ1v) is 4.27. The smallest absolute Gasteiger partial charge is 0.148 e. The number of anilines is 3. The van der Waals surface area contributed by atoms with Crippen LogP contribution < -0.4 is 10.8 Å². The van der Waals surface area contributed by atoms with E-state index in [4.69, 9.17) is 5.21 Å². The van der Waals surface area contributed by atoms with E-state index in [9.17, 15) is 0 Å². The fourth-order valence-corrected chi connectivity index (χ4v) is 1.09. The Hall–Kier alpha value is -2.21. The third-order valence-electron chi connectivity index (χ3n) is 1.77. The van der Waals surface area contributed by atoms with E-state index in [1.54, 1.807) is 30.9 Å². The molecule has 0 spiro atoms. The SMILES string of the molecule is ONc1cnccc1Nc1cnccn1. The third-order valence-corrected chi connectivity index (χ3v) is 1.77. The van der Waals surface area contributed by atoms with Crippen LogP contribution in [0.4, 0.5) is 17.2 Å². The molecule has 0 unspecified atom stereocenters. The van der Waals surface area contributed by atoms with E-state index in [2.05, 4.69) is 20.3 Å². The normalized spacial score (nSPS) is 9.67. The molecule has 76 valence electrons. The molecule has 6 heteroatoms. The van der Waals surface area contributed by atoms with Gasteiger partial charge in [0.25, 0.3) is 0 Å². The lowest BCUT2D eigenvalue weighted by atomic mass is 10.3. The standard InChI is InChI=1S/C9H9N5O/c15-14-8-5-10-2-1-7(8)13-9-6-11-3-4-12-9/h1-6,14-15H,(H,10,12,13). The zero-order valence-electron chi connectivity index (χ0n) is 7.75.